The molecule has 1 rings (SSSR count). The second-order valence-electron chi connectivity index (χ2n) is 2.93. The van der Waals surface area contributed by atoms with Crippen molar-refractivity contribution >= 4 is 21.6 Å². The molecule has 0 atom stereocenters. The van der Waals surface area contributed by atoms with Gasteiger partial charge in [-0.1, -0.05) is 6.07 Å². The third-order valence-corrected chi connectivity index (χ3v) is 3.74. The zero-order chi connectivity index (χ0) is 10.8. The number of alkyl halides is 1. The van der Waals surface area contributed by atoms with E-state index in [1.54, 1.807) is 6.07 Å². The maximum absolute atomic E-state index is 11.6. The van der Waals surface area contributed by atoms with Crippen LogP contribution in [0.2, 0.25) is 0 Å². The van der Waals surface area contributed by atoms with Gasteiger partial charge in [-0.25, -0.2) is 17.7 Å². The summed E-state index contributed by atoms with van der Waals surface area (Å²) in [6, 6.07) is 3.10. The van der Waals surface area contributed by atoms with E-state index in [1.165, 1.54) is 26.4 Å². The molecule has 0 unspecified atom stereocenters. The van der Waals surface area contributed by atoms with Gasteiger partial charge in [0.15, 0.2) is 5.03 Å². The van der Waals surface area contributed by atoms with Crippen molar-refractivity contribution in [2.45, 2.75) is 10.9 Å². The summed E-state index contributed by atoms with van der Waals surface area (Å²) in [6.45, 7) is 0. The number of hydrogen-bond acceptors (Lipinski definition) is 3. The first-order valence-electron chi connectivity index (χ1n) is 3.92. The molecule has 78 valence electrons. The number of halogens is 1. The molecule has 0 N–H and O–H groups in total. The van der Waals surface area contributed by atoms with Gasteiger partial charge in [0.2, 0.25) is 0 Å². The van der Waals surface area contributed by atoms with Crippen LogP contribution in [0.3, 0.4) is 0 Å². The molecule has 4 nitrogen and oxygen atoms in total. The van der Waals surface area contributed by atoms with Crippen molar-refractivity contribution in [3.05, 3.63) is 23.9 Å². The summed E-state index contributed by atoms with van der Waals surface area (Å²) in [6.07, 6.45) is 1.46. The molecule has 0 saturated heterocycles. The van der Waals surface area contributed by atoms with E-state index >= 15 is 0 Å². The van der Waals surface area contributed by atoms with Crippen LogP contribution < -0.4 is 0 Å². The fraction of sp³-hybridized carbons (Fsp3) is 0.375. The Morgan fingerprint density at radius 1 is 1.43 bits per heavy atom. The Morgan fingerprint density at radius 3 is 2.43 bits per heavy atom. The van der Waals surface area contributed by atoms with Crippen LogP contribution in [-0.2, 0) is 15.9 Å². The van der Waals surface area contributed by atoms with Crippen LogP contribution in [0.5, 0.6) is 0 Å². The molecule has 0 amide bonds. The summed E-state index contributed by atoms with van der Waals surface area (Å²) in [5.41, 5.74) is 0.796. The van der Waals surface area contributed by atoms with Gasteiger partial charge < -0.3 is 0 Å². The van der Waals surface area contributed by atoms with E-state index in [-0.39, 0.29) is 5.03 Å². The lowest BCUT2D eigenvalue weighted by atomic mass is 10.3. The Hall–Kier alpha value is -0.650. The number of rotatable bonds is 3. The van der Waals surface area contributed by atoms with E-state index in [1.807, 2.05) is 0 Å². The van der Waals surface area contributed by atoms with E-state index in [0.717, 1.165) is 9.87 Å². The maximum atomic E-state index is 11.6. The van der Waals surface area contributed by atoms with Crippen molar-refractivity contribution < 1.29 is 8.42 Å². The van der Waals surface area contributed by atoms with Gasteiger partial charge in [-0.3, -0.25) is 0 Å². The molecule has 0 radical (unpaired) electrons. The molecular weight excluding hydrogens is 224 g/mol. The Morgan fingerprint density at radius 2 is 2.07 bits per heavy atom. The predicted molar refractivity (Wildman–Crippen MR) is 54.7 cm³/mol. The van der Waals surface area contributed by atoms with Gasteiger partial charge >= 0.3 is 0 Å². The molecule has 0 saturated carbocycles. The van der Waals surface area contributed by atoms with Crippen LogP contribution in [-0.4, -0.2) is 31.8 Å². The number of hydrogen-bond donors (Lipinski definition) is 0. The summed E-state index contributed by atoms with van der Waals surface area (Å²) in [5.74, 6) is 0.329. The fourth-order valence-corrected chi connectivity index (χ4v) is 1.79. The number of aromatic nitrogens is 1. The van der Waals surface area contributed by atoms with Crippen LogP contribution in [0, 0.1) is 0 Å². The van der Waals surface area contributed by atoms with Gasteiger partial charge in [-0.15, -0.1) is 11.6 Å². The van der Waals surface area contributed by atoms with Gasteiger partial charge in [0.05, 0.1) is 0 Å². The largest absolute Gasteiger partial charge is 0.260 e. The zero-order valence-electron chi connectivity index (χ0n) is 7.94. The molecule has 14 heavy (non-hydrogen) atoms. The van der Waals surface area contributed by atoms with Crippen molar-refractivity contribution in [2.24, 2.45) is 0 Å². The number of pyridine rings is 1. The van der Waals surface area contributed by atoms with Crippen LogP contribution in [0.25, 0.3) is 0 Å². The van der Waals surface area contributed by atoms with Crippen LogP contribution in [0.1, 0.15) is 5.56 Å². The van der Waals surface area contributed by atoms with E-state index in [2.05, 4.69) is 4.98 Å². The van der Waals surface area contributed by atoms with Crippen LogP contribution >= 0.6 is 11.6 Å². The molecule has 0 aliphatic carbocycles. The fourth-order valence-electron chi connectivity index (χ4n) is 0.830. The minimum atomic E-state index is -3.42. The molecule has 1 aromatic rings. The average Bonchev–Trinajstić information content (AvgIpc) is 2.17. The maximum Gasteiger partial charge on any atom is 0.260 e. The third kappa shape index (κ3) is 2.23. The summed E-state index contributed by atoms with van der Waals surface area (Å²) in [4.78, 5) is 3.83. The highest BCUT2D eigenvalue weighted by molar-refractivity contribution is 7.89. The monoisotopic (exact) mass is 234 g/mol. The molecule has 0 bridgehead atoms. The van der Waals surface area contributed by atoms with E-state index in [0.29, 0.717) is 5.88 Å². The first-order valence-corrected chi connectivity index (χ1v) is 5.89. The molecule has 0 aliphatic rings. The van der Waals surface area contributed by atoms with Crippen molar-refractivity contribution in [1.82, 2.24) is 9.29 Å². The van der Waals surface area contributed by atoms with Crippen LogP contribution in [0.4, 0.5) is 0 Å². The highest BCUT2D eigenvalue weighted by atomic mass is 35.5. The lowest BCUT2D eigenvalue weighted by Gasteiger charge is -2.10. The quantitative estimate of drug-likeness (QED) is 0.736. The van der Waals surface area contributed by atoms with Crippen molar-refractivity contribution in [2.75, 3.05) is 14.1 Å². The van der Waals surface area contributed by atoms with Crippen molar-refractivity contribution in [3.63, 3.8) is 0 Å². The first kappa shape index (κ1) is 11.4. The summed E-state index contributed by atoms with van der Waals surface area (Å²) in [7, 11) is -0.493. The Bertz CT molecular complexity index is 400. The molecular formula is C8H11ClN2O2S. The summed E-state index contributed by atoms with van der Waals surface area (Å²) >= 11 is 5.56. The third-order valence-electron chi connectivity index (χ3n) is 1.70. The average molecular weight is 235 g/mol. The summed E-state index contributed by atoms with van der Waals surface area (Å²) in [5, 5.41) is 0.0383. The Balaban J connectivity index is 3.10. The highest BCUT2D eigenvalue weighted by Gasteiger charge is 2.17. The lowest BCUT2D eigenvalue weighted by Crippen LogP contribution is -2.23. The highest BCUT2D eigenvalue weighted by Crippen LogP contribution is 2.11. The van der Waals surface area contributed by atoms with Gasteiger partial charge in [-0.2, -0.15) is 0 Å². The first-order chi connectivity index (χ1) is 6.48. The Kier molecular flexibility index (Phi) is 3.47. The minimum absolute atomic E-state index is 0.0383. The van der Waals surface area contributed by atoms with E-state index in [9.17, 15) is 8.42 Å². The second kappa shape index (κ2) is 4.25. The molecule has 0 aromatic carbocycles. The zero-order valence-corrected chi connectivity index (χ0v) is 9.51. The predicted octanol–water partition coefficient (Wildman–Crippen LogP) is 1.07. The smallest absolute Gasteiger partial charge is 0.243 e. The van der Waals surface area contributed by atoms with E-state index in [4.69, 9.17) is 11.6 Å². The molecule has 0 spiro atoms. The SMILES string of the molecule is CN(C)S(=O)(=O)c1ccc(CCl)cn1. The molecule has 6 heteroatoms. The molecule has 0 aliphatic heterocycles. The molecule has 0 fully saturated rings. The number of sulfonamides is 1. The topological polar surface area (TPSA) is 50.3 Å². The minimum Gasteiger partial charge on any atom is -0.243 e. The van der Waals surface area contributed by atoms with Gasteiger partial charge in [-0.05, 0) is 11.6 Å². The second-order valence-corrected chi connectivity index (χ2v) is 5.29. The van der Waals surface area contributed by atoms with E-state index < -0.39 is 10.0 Å². The normalized spacial score (nSPS) is 12.0. The Labute approximate surface area is 88.6 Å². The number of nitrogens with zero attached hydrogens (tertiary/aromatic N) is 2. The van der Waals surface area contributed by atoms with Gasteiger partial charge in [0, 0.05) is 26.2 Å². The van der Waals surface area contributed by atoms with Gasteiger partial charge in [0.1, 0.15) is 0 Å². The molecule has 1 heterocycles. The standard InChI is InChI=1S/C8H11ClN2O2S/c1-11(2)14(12,13)8-4-3-7(5-9)6-10-8/h3-4,6H,5H2,1-2H3. The van der Waals surface area contributed by atoms with Crippen molar-refractivity contribution in [1.29, 1.82) is 0 Å². The lowest BCUT2D eigenvalue weighted by molar-refractivity contribution is 0.517. The van der Waals surface area contributed by atoms with Crippen molar-refractivity contribution in [3.8, 4) is 0 Å². The van der Waals surface area contributed by atoms with Crippen LogP contribution in [0.15, 0.2) is 23.4 Å². The summed E-state index contributed by atoms with van der Waals surface area (Å²) < 4.78 is 24.2. The van der Waals surface area contributed by atoms with Gasteiger partial charge in [0.25, 0.3) is 10.0 Å². The molecule has 1 aromatic heterocycles.